The Morgan fingerprint density at radius 2 is 1.59 bits per heavy atom. The second-order valence-electron chi connectivity index (χ2n) is 5.82. The molecule has 0 N–H and O–H groups in total. The minimum absolute atomic E-state index is 0.274. The van der Waals surface area contributed by atoms with E-state index in [-0.39, 0.29) is 9.36 Å². The Hall–Kier alpha value is -2.68. The van der Waals surface area contributed by atoms with E-state index in [0.717, 1.165) is 0 Å². The van der Waals surface area contributed by atoms with E-state index in [9.17, 15) is 14.4 Å². The summed E-state index contributed by atoms with van der Waals surface area (Å²) in [6, 6.07) is 16.7. The summed E-state index contributed by atoms with van der Waals surface area (Å²) in [5.74, 6) is -0.584. The van der Waals surface area contributed by atoms with Crippen molar-refractivity contribution in [1.82, 2.24) is 4.90 Å². The van der Waals surface area contributed by atoms with Crippen molar-refractivity contribution in [3.63, 3.8) is 0 Å². The SMILES string of the molecule is CC(=O)O[C@@H]1C(=O)C(I)=CN(C(=O)Oc2ccccc2)[C@H]1c1ccccc1. The van der Waals surface area contributed by atoms with Crippen LogP contribution in [0.5, 0.6) is 5.75 Å². The molecule has 0 spiro atoms. The molecule has 6 nitrogen and oxygen atoms in total. The highest BCUT2D eigenvalue weighted by Gasteiger charge is 2.43. The standard InChI is InChI=1S/C20H16INO5/c1-13(23)26-19-17(14-8-4-2-5-9-14)22(12-16(21)18(19)24)20(25)27-15-10-6-3-7-11-15/h2-12,17,19H,1H3/t17-,19-/m0/s1. The number of amides is 1. The van der Waals surface area contributed by atoms with Crippen molar-refractivity contribution in [2.45, 2.75) is 19.1 Å². The van der Waals surface area contributed by atoms with Gasteiger partial charge in [-0.1, -0.05) is 48.5 Å². The Labute approximate surface area is 169 Å². The molecule has 0 unspecified atom stereocenters. The van der Waals surface area contributed by atoms with Crippen LogP contribution in [0, 0.1) is 0 Å². The molecule has 27 heavy (non-hydrogen) atoms. The van der Waals surface area contributed by atoms with Crippen LogP contribution in [0.3, 0.4) is 0 Å². The van der Waals surface area contributed by atoms with Crippen LogP contribution in [0.15, 0.2) is 70.4 Å². The van der Waals surface area contributed by atoms with E-state index in [4.69, 9.17) is 9.47 Å². The first-order valence-corrected chi connectivity index (χ1v) is 9.24. The normalized spacial score (nSPS) is 19.3. The third-order valence-corrected chi connectivity index (χ3v) is 4.74. The minimum Gasteiger partial charge on any atom is -0.451 e. The zero-order valence-electron chi connectivity index (χ0n) is 14.4. The van der Waals surface area contributed by atoms with E-state index in [0.29, 0.717) is 11.3 Å². The third kappa shape index (κ3) is 4.36. The molecule has 1 amide bonds. The van der Waals surface area contributed by atoms with Crippen molar-refractivity contribution < 1.29 is 23.9 Å². The van der Waals surface area contributed by atoms with Crippen molar-refractivity contribution in [2.24, 2.45) is 0 Å². The minimum atomic E-state index is -1.15. The summed E-state index contributed by atoms with van der Waals surface area (Å²) in [7, 11) is 0. The van der Waals surface area contributed by atoms with Crippen molar-refractivity contribution >= 4 is 40.4 Å². The molecule has 2 atom stereocenters. The number of benzene rings is 2. The number of Topliss-reactive ketones (excluding diaryl/α,β-unsaturated/α-hetero) is 1. The fourth-order valence-corrected chi connectivity index (χ4v) is 3.39. The van der Waals surface area contributed by atoms with Crippen LogP contribution in [-0.2, 0) is 14.3 Å². The molecule has 0 fully saturated rings. The number of hydrogen-bond acceptors (Lipinski definition) is 5. The van der Waals surface area contributed by atoms with Crippen molar-refractivity contribution in [3.05, 3.63) is 76.0 Å². The molecule has 0 bridgehead atoms. The maximum atomic E-state index is 12.8. The molecule has 0 aliphatic carbocycles. The van der Waals surface area contributed by atoms with Gasteiger partial charge in [0.25, 0.3) is 0 Å². The van der Waals surface area contributed by atoms with E-state index < -0.39 is 24.2 Å². The molecular weight excluding hydrogens is 461 g/mol. The topological polar surface area (TPSA) is 72.9 Å². The van der Waals surface area contributed by atoms with E-state index in [2.05, 4.69) is 0 Å². The number of esters is 1. The summed E-state index contributed by atoms with van der Waals surface area (Å²) in [5.41, 5.74) is 0.655. The number of ether oxygens (including phenoxy) is 2. The van der Waals surface area contributed by atoms with Crippen LogP contribution in [0.25, 0.3) is 0 Å². The van der Waals surface area contributed by atoms with Crippen molar-refractivity contribution in [1.29, 1.82) is 0 Å². The Morgan fingerprint density at radius 1 is 1.00 bits per heavy atom. The maximum absolute atomic E-state index is 12.8. The van der Waals surface area contributed by atoms with Gasteiger partial charge in [-0.25, -0.2) is 4.79 Å². The maximum Gasteiger partial charge on any atom is 0.420 e. The average Bonchev–Trinajstić information content (AvgIpc) is 2.66. The molecule has 138 valence electrons. The molecule has 3 rings (SSSR count). The fourth-order valence-electron chi connectivity index (χ4n) is 2.78. The summed E-state index contributed by atoms with van der Waals surface area (Å²) in [5, 5.41) is 0. The Kier molecular flexibility index (Phi) is 5.90. The van der Waals surface area contributed by atoms with Crippen LogP contribution in [0.2, 0.25) is 0 Å². The first kappa shape index (κ1) is 19.1. The highest BCUT2D eigenvalue weighted by atomic mass is 127. The number of para-hydroxylation sites is 1. The van der Waals surface area contributed by atoms with Gasteiger partial charge in [-0.15, -0.1) is 0 Å². The van der Waals surface area contributed by atoms with Gasteiger partial charge in [0.15, 0.2) is 6.10 Å². The number of ketones is 1. The second kappa shape index (κ2) is 8.34. The summed E-state index contributed by atoms with van der Waals surface area (Å²) < 4.78 is 11.0. The van der Waals surface area contributed by atoms with Gasteiger partial charge >= 0.3 is 12.1 Å². The van der Waals surface area contributed by atoms with E-state index in [1.54, 1.807) is 48.5 Å². The lowest BCUT2D eigenvalue weighted by Crippen LogP contribution is -2.47. The summed E-state index contributed by atoms with van der Waals surface area (Å²) in [6.07, 6.45) is -0.398. The molecule has 1 heterocycles. The molecule has 0 radical (unpaired) electrons. The zero-order valence-corrected chi connectivity index (χ0v) is 16.5. The van der Waals surface area contributed by atoms with Crippen molar-refractivity contribution in [3.8, 4) is 5.75 Å². The fraction of sp³-hybridized carbons (Fsp3) is 0.150. The lowest BCUT2D eigenvalue weighted by molar-refractivity contribution is -0.155. The predicted molar refractivity (Wildman–Crippen MR) is 106 cm³/mol. The Balaban J connectivity index is 2.01. The molecule has 2 aromatic carbocycles. The predicted octanol–water partition coefficient (Wildman–Crippen LogP) is 4.02. The highest BCUT2D eigenvalue weighted by molar-refractivity contribution is 14.1. The molecule has 1 aliphatic heterocycles. The smallest absolute Gasteiger partial charge is 0.420 e. The number of carbonyl (C=O) groups excluding carboxylic acids is 3. The van der Waals surface area contributed by atoms with Crippen LogP contribution < -0.4 is 4.74 Å². The van der Waals surface area contributed by atoms with E-state index in [1.807, 2.05) is 34.7 Å². The number of hydrogen-bond donors (Lipinski definition) is 0. The molecule has 1 aliphatic rings. The van der Waals surface area contributed by atoms with Gasteiger partial charge in [0.1, 0.15) is 11.8 Å². The second-order valence-corrected chi connectivity index (χ2v) is 6.98. The van der Waals surface area contributed by atoms with Crippen LogP contribution in [-0.4, -0.2) is 28.8 Å². The zero-order chi connectivity index (χ0) is 19.4. The number of rotatable bonds is 3. The van der Waals surface area contributed by atoms with Crippen LogP contribution in [0.1, 0.15) is 18.5 Å². The summed E-state index contributed by atoms with van der Waals surface area (Å²) in [4.78, 5) is 38.3. The van der Waals surface area contributed by atoms with Gasteiger partial charge in [-0.2, -0.15) is 0 Å². The molecule has 2 aromatic rings. The highest BCUT2D eigenvalue weighted by Crippen LogP contribution is 2.35. The monoisotopic (exact) mass is 477 g/mol. The van der Waals surface area contributed by atoms with Gasteiger partial charge in [0.2, 0.25) is 5.78 Å². The van der Waals surface area contributed by atoms with Crippen LogP contribution in [0.4, 0.5) is 4.79 Å². The number of carbonyl (C=O) groups is 3. The van der Waals surface area contributed by atoms with Gasteiger partial charge in [-0.3, -0.25) is 14.5 Å². The number of nitrogens with zero attached hydrogens (tertiary/aromatic N) is 1. The lowest BCUT2D eigenvalue weighted by atomic mass is 9.94. The lowest BCUT2D eigenvalue weighted by Gasteiger charge is -2.36. The molecular formula is C20H16INO5. The van der Waals surface area contributed by atoms with Crippen LogP contribution >= 0.6 is 22.6 Å². The third-order valence-electron chi connectivity index (χ3n) is 3.93. The number of halogens is 1. The summed E-state index contributed by atoms with van der Waals surface area (Å²) >= 11 is 1.82. The molecule has 0 aromatic heterocycles. The first-order chi connectivity index (χ1) is 13.0. The van der Waals surface area contributed by atoms with E-state index >= 15 is 0 Å². The first-order valence-electron chi connectivity index (χ1n) is 8.16. The van der Waals surface area contributed by atoms with E-state index in [1.165, 1.54) is 18.0 Å². The quantitative estimate of drug-likeness (QED) is 0.494. The average molecular weight is 477 g/mol. The molecule has 0 saturated carbocycles. The molecule has 7 heteroatoms. The molecule has 0 saturated heterocycles. The Bertz CT molecular complexity index is 882. The Morgan fingerprint density at radius 3 is 2.19 bits per heavy atom. The summed E-state index contributed by atoms with van der Waals surface area (Å²) in [6.45, 7) is 1.23. The van der Waals surface area contributed by atoms with Gasteiger partial charge in [-0.05, 0) is 40.3 Å². The van der Waals surface area contributed by atoms with Gasteiger partial charge in [0, 0.05) is 13.1 Å². The van der Waals surface area contributed by atoms with Gasteiger partial charge in [0.05, 0.1) is 3.58 Å². The van der Waals surface area contributed by atoms with Gasteiger partial charge < -0.3 is 9.47 Å². The largest absolute Gasteiger partial charge is 0.451 e. The van der Waals surface area contributed by atoms with Crippen molar-refractivity contribution in [2.75, 3.05) is 0 Å².